The Balaban J connectivity index is 2.88. The molecule has 1 aromatic rings. The Kier molecular flexibility index (Phi) is 6.16. The standard InChI is InChI=1S/C13H22N2O2S2/c1-4-15-19(16,17)11-5-6-12(14)13(9-11)18-8-7-10(2)3/h5-6,9-10,15H,4,7-8,14H2,1-3H3. The summed E-state index contributed by atoms with van der Waals surface area (Å²) in [6, 6.07) is 4.85. The molecule has 3 N–H and O–H groups in total. The minimum Gasteiger partial charge on any atom is -0.398 e. The molecule has 0 aliphatic heterocycles. The molecule has 1 rings (SSSR count). The summed E-state index contributed by atoms with van der Waals surface area (Å²) in [4.78, 5) is 1.11. The van der Waals surface area contributed by atoms with Gasteiger partial charge in [-0.2, -0.15) is 0 Å². The predicted octanol–water partition coefficient (Wildman–Crippen LogP) is 2.71. The van der Waals surface area contributed by atoms with Crippen molar-refractivity contribution >= 4 is 27.5 Å². The fraction of sp³-hybridized carbons (Fsp3) is 0.538. The van der Waals surface area contributed by atoms with Crippen molar-refractivity contribution in [1.29, 1.82) is 0 Å². The second kappa shape index (κ2) is 7.17. The average molecular weight is 302 g/mol. The van der Waals surface area contributed by atoms with Crippen molar-refractivity contribution in [3.05, 3.63) is 18.2 Å². The van der Waals surface area contributed by atoms with Crippen LogP contribution in [0.4, 0.5) is 5.69 Å². The number of benzene rings is 1. The quantitative estimate of drug-likeness (QED) is 0.600. The van der Waals surface area contributed by atoms with Crippen LogP contribution in [0.25, 0.3) is 0 Å². The van der Waals surface area contributed by atoms with Gasteiger partial charge in [-0.15, -0.1) is 11.8 Å². The van der Waals surface area contributed by atoms with Crippen molar-refractivity contribution in [2.45, 2.75) is 37.0 Å². The van der Waals surface area contributed by atoms with E-state index >= 15 is 0 Å². The average Bonchev–Trinajstić information content (AvgIpc) is 2.30. The highest BCUT2D eigenvalue weighted by Crippen LogP contribution is 2.29. The van der Waals surface area contributed by atoms with Gasteiger partial charge >= 0.3 is 0 Å². The number of thioether (sulfide) groups is 1. The first-order valence-electron chi connectivity index (χ1n) is 6.38. The third kappa shape index (κ3) is 5.04. The molecule has 0 amide bonds. The number of nitrogens with two attached hydrogens (primary N) is 1. The molecule has 0 bridgehead atoms. The number of hydrogen-bond donors (Lipinski definition) is 2. The van der Waals surface area contributed by atoms with Gasteiger partial charge in [-0.25, -0.2) is 13.1 Å². The molecular formula is C13H22N2O2S2. The number of hydrogen-bond acceptors (Lipinski definition) is 4. The van der Waals surface area contributed by atoms with E-state index in [0.717, 1.165) is 17.1 Å². The summed E-state index contributed by atoms with van der Waals surface area (Å²) in [6.45, 7) is 6.46. The fourth-order valence-electron chi connectivity index (χ4n) is 1.48. The van der Waals surface area contributed by atoms with Gasteiger partial charge in [0.2, 0.25) is 10.0 Å². The molecule has 0 heterocycles. The zero-order valence-electron chi connectivity index (χ0n) is 11.6. The van der Waals surface area contributed by atoms with Crippen LogP contribution in [0.15, 0.2) is 28.0 Å². The Labute approximate surface area is 120 Å². The Bertz CT molecular complexity index is 513. The lowest BCUT2D eigenvalue weighted by Crippen LogP contribution is -2.23. The summed E-state index contributed by atoms with van der Waals surface area (Å²) in [7, 11) is -3.41. The SMILES string of the molecule is CCNS(=O)(=O)c1ccc(N)c(SCCC(C)C)c1. The van der Waals surface area contributed by atoms with Gasteiger partial charge in [-0.3, -0.25) is 0 Å². The van der Waals surface area contributed by atoms with Crippen LogP contribution in [-0.4, -0.2) is 20.7 Å². The smallest absolute Gasteiger partial charge is 0.240 e. The number of rotatable bonds is 7. The van der Waals surface area contributed by atoms with Gasteiger partial charge in [-0.05, 0) is 36.3 Å². The van der Waals surface area contributed by atoms with Gasteiger partial charge in [0, 0.05) is 17.1 Å². The summed E-state index contributed by atoms with van der Waals surface area (Å²) < 4.78 is 26.3. The van der Waals surface area contributed by atoms with Crippen molar-refractivity contribution in [2.75, 3.05) is 18.0 Å². The van der Waals surface area contributed by atoms with Crippen LogP contribution in [0.5, 0.6) is 0 Å². The van der Waals surface area contributed by atoms with Gasteiger partial charge in [0.25, 0.3) is 0 Å². The van der Waals surface area contributed by atoms with Crippen LogP contribution in [0.2, 0.25) is 0 Å². The zero-order chi connectivity index (χ0) is 14.5. The molecule has 0 fully saturated rings. The second-order valence-electron chi connectivity index (χ2n) is 4.73. The number of nitrogens with one attached hydrogen (secondary N) is 1. The Hall–Kier alpha value is -0.720. The minimum absolute atomic E-state index is 0.274. The first-order valence-corrected chi connectivity index (χ1v) is 8.85. The van der Waals surface area contributed by atoms with Crippen molar-refractivity contribution < 1.29 is 8.42 Å². The van der Waals surface area contributed by atoms with Crippen LogP contribution < -0.4 is 10.5 Å². The summed E-state index contributed by atoms with van der Waals surface area (Å²) in [6.07, 6.45) is 1.08. The van der Waals surface area contributed by atoms with E-state index in [4.69, 9.17) is 5.73 Å². The van der Waals surface area contributed by atoms with Crippen LogP contribution in [-0.2, 0) is 10.0 Å². The first kappa shape index (κ1) is 16.3. The van der Waals surface area contributed by atoms with Crippen molar-refractivity contribution in [1.82, 2.24) is 4.72 Å². The second-order valence-corrected chi connectivity index (χ2v) is 7.64. The van der Waals surface area contributed by atoms with E-state index in [1.807, 2.05) is 0 Å². The molecule has 108 valence electrons. The van der Waals surface area contributed by atoms with Crippen molar-refractivity contribution in [3.8, 4) is 0 Å². The number of sulfonamides is 1. The Morgan fingerprint density at radius 3 is 2.63 bits per heavy atom. The number of nitrogen functional groups attached to an aromatic ring is 1. The van der Waals surface area contributed by atoms with E-state index in [-0.39, 0.29) is 4.90 Å². The van der Waals surface area contributed by atoms with E-state index in [2.05, 4.69) is 18.6 Å². The van der Waals surface area contributed by atoms with Crippen molar-refractivity contribution in [3.63, 3.8) is 0 Å². The molecule has 0 aromatic heterocycles. The maximum absolute atomic E-state index is 11.9. The molecule has 0 aliphatic rings. The molecule has 0 unspecified atom stereocenters. The van der Waals surface area contributed by atoms with E-state index in [1.165, 1.54) is 0 Å². The topological polar surface area (TPSA) is 72.2 Å². The molecule has 0 saturated carbocycles. The zero-order valence-corrected chi connectivity index (χ0v) is 13.3. The molecule has 19 heavy (non-hydrogen) atoms. The molecule has 0 spiro atoms. The van der Waals surface area contributed by atoms with Crippen molar-refractivity contribution in [2.24, 2.45) is 5.92 Å². The minimum atomic E-state index is -3.41. The highest BCUT2D eigenvalue weighted by molar-refractivity contribution is 7.99. The summed E-state index contributed by atoms with van der Waals surface area (Å²) in [5.41, 5.74) is 6.52. The highest BCUT2D eigenvalue weighted by atomic mass is 32.2. The third-order valence-electron chi connectivity index (χ3n) is 2.58. The van der Waals surface area contributed by atoms with Gasteiger partial charge in [0.05, 0.1) is 4.90 Å². The molecule has 0 aliphatic carbocycles. The van der Waals surface area contributed by atoms with E-state index < -0.39 is 10.0 Å². The van der Waals surface area contributed by atoms with Gasteiger partial charge in [0.1, 0.15) is 0 Å². The maximum Gasteiger partial charge on any atom is 0.240 e. The molecule has 4 nitrogen and oxygen atoms in total. The molecule has 0 atom stereocenters. The monoisotopic (exact) mass is 302 g/mol. The lowest BCUT2D eigenvalue weighted by Gasteiger charge is -2.10. The van der Waals surface area contributed by atoms with E-state index in [1.54, 1.807) is 36.9 Å². The lowest BCUT2D eigenvalue weighted by molar-refractivity contribution is 0.583. The molecular weight excluding hydrogens is 280 g/mol. The Morgan fingerprint density at radius 2 is 2.05 bits per heavy atom. The first-order chi connectivity index (χ1) is 8.86. The Morgan fingerprint density at radius 1 is 1.37 bits per heavy atom. The molecule has 0 radical (unpaired) electrons. The van der Waals surface area contributed by atoms with Gasteiger partial charge in [-0.1, -0.05) is 20.8 Å². The predicted molar refractivity (Wildman–Crippen MR) is 81.9 cm³/mol. The number of anilines is 1. The lowest BCUT2D eigenvalue weighted by atomic mass is 10.2. The van der Waals surface area contributed by atoms with E-state index in [9.17, 15) is 8.42 Å². The maximum atomic E-state index is 11.9. The van der Waals surface area contributed by atoms with Crippen LogP contribution in [0, 0.1) is 5.92 Å². The van der Waals surface area contributed by atoms with Crippen LogP contribution in [0.3, 0.4) is 0 Å². The third-order valence-corrected chi connectivity index (χ3v) is 5.23. The summed E-state index contributed by atoms with van der Waals surface area (Å²) in [5.74, 6) is 1.56. The van der Waals surface area contributed by atoms with Gasteiger partial charge in [0.15, 0.2) is 0 Å². The normalized spacial score (nSPS) is 12.0. The summed E-state index contributed by atoms with van der Waals surface area (Å²) >= 11 is 1.61. The van der Waals surface area contributed by atoms with Crippen LogP contribution in [0.1, 0.15) is 27.2 Å². The molecule has 0 saturated heterocycles. The fourth-order valence-corrected chi connectivity index (χ4v) is 3.88. The molecule has 1 aromatic carbocycles. The highest BCUT2D eigenvalue weighted by Gasteiger charge is 2.14. The summed E-state index contributed by atoms with van der Waals surface area (Å²) in [5, 5.41) is 0. The van der Waals surface area contributed by atoms with Gasteiger partial charge < -0.3 is 5.73 Å². The molecule has 6 heteroatoms. The van der Waals surface area contributed by atoms with E-state index in [0.29, 0.717) is 18.2 Å². The largest absolute Gasteiger partial charge is 0.398 e. The van der Waals surface area contributed by atoms with Crippen LogP contribution >= 0.6 is 11.8 Å².